The third-order valence-corrected chi connectivity index (χ3v) is 3.89. The molecule has 0 unspecified atom stereocenters. The van der Waals surface area contributed by atoms with Gasteiger partial charge in [-0.3, -0.25) is 0 Å². The van der Waals surface area contributed by atoms with Crippen LogP contribution in [0.25, 0.3) is 0 Å². The topological polar surface area (TPSA) is 89.3 Å². The Bertz CT molecular complexity index is 465. The molecule has 0 aliphatic heterocycles. The Hall–Kier alpha value is -1.56. The van der Waals surface area contributed by atoms with E-state index in [1.807, 2.05) is 0 Å². The van der Waals surface area contributed by atoms with E-state index in [1.165, 1.54) is 24.3 Å². The van der Waals surface area contributed by atoms with E-state index in [4.69, 9.17) is 5.73 Å². The minimum Gasteiger partial charge on any atom is -0.351 e. The van der Waals surface area contributed by atoms with Crippen LogP contribution < -0.4 is 11.1 Å². The number of urea groups is 1. The van der Waals surface area contributed by atoms with E-state index in [9.17, 15) is 13.2 Å². The molecule has 2 amide bonds. The quantitative estimate of drug-likeness (QED) is 0.835. The van der Waals surface area contributed by atoms with Crippen LogP contribution >= 0.6 is 0 Å². The molecular weight excluding hydrogens is 228 g/mol. The third kappa shape index (κ3) is 3.23. The van der Waals surface area contributed by atoms with Crippen LogP contribution in [-0.4, -0.2) is 20.2 Å². The minimum absolute atomic E-state index is 0.121. The summed E-state index contributed by atoms with van der Waals surface area (Å²) in [5, 5.41) is 2.36. The van der Waals surface area contributed by atoms with Crippen molar-refractivity contribution in [3.8, 4) is 0 Å². The summed E-state index contributed by atoms with van der Waals surface area (Å²) in [4.78, 5) is 10.8. The summed E-state index contributed by atoms with van der Waals surface area (Å²) in [5.41, 5.74) is 5.40. The fourth-order valence-electron chi connectivity index (χ4n) is 1.27. The maximum absolute atomic E-state index is 11.7. The molecule has 1 aromatic rings. The van der Waals surface area contributed by atoms with Gasteiger partial charge in [-0.05, 0) is 30.7 Å². The van der Waals surface area contributed by atoms with Gasteiger partial charge in [-0.2, -0.15) is 0 Å². The molecule has 0 bridgehead atoms. The number of primary amides is 1. The number of anilines is 1. The van der Waals surface area contributed by atoms with Gasteiger partial charge in [-0.15, -0.1) is 0 Å². The van der Waals surface area contributed by atoms with Crippen molar-refractivity contribution in [3.05, 3.63) is 24.3 Å². The Balaban J connectivity index is 2.91. The fraction of sp³-hybridized carbons (Fsp3) is 0.300. The molecule has 0 heterocycles. The molecule has 5 nitrogen and oxygen atoms in total. The zero-order valence-corrected chi connectivity index (χ0v) is 9.75. The second-order valence-corrected chi connectivity index (χ2v) is 5.44. The van der Waals surface area contributed by atoms with E-state index in [1.54, 1.807) is 6.92 Å². The monoisotopic (exact) mass is 242 g/mol. The lowest BCUT2D eigenvalue weighted by atomic mass is 10.3. The highest BCUT2D eigenvalue weighted by Crippen LogP contribution is 2.15. The van der Waals surface area contributed by atoms with E-state index >= 15 is 0 Å². The summed E-state index contributed by atoms with van der Waals surface area (Å²) >= 11 is 0. The van der Waals surface area contributed by atoms with Gasteiger partial charge in [0.15, 0.2) is 9.84 Å². The lowest BCUT2D eigenvalue weighted by Gasteiger charge is -2.04. The summed E-state index contributed by atoms with van der Waals surface area (Å²) in [6.07, 6.45) is 0.573. The van der Waals surface area contributed by atoms with Crippen molar-refractivity contribution >= 4 is 21.6 Å². The van der Waals surface area contributed by atoms with Crippen LogP contribution in [-0.2, 0) is 9.84 Å². The first kappa shape index (κ1) is 12.5. The van der Waals surface area contributed by atoms with Gasteiger partial charge >= 0.3 is 6.03 Å². The number of hydrogen-bond donors (Lipinski definition) is 2. The van der Waals surface area contributed by atoms with Gasteiger partial charge in [0.2, 0.25) is 0 Å². The molecule has 88 valence electrons. The van der Waals surface area contributed by atoms with Gasteiger partial charge in [-0.25, -0.2) is 13.2 Å². The smallest absolute Gasteiger partial charge is 0.316 e. The summed E-state index contributed by atoms with van der Waals surface area (Å²) in [5.74, 6) is 0.121. The maximum Gasteiger partial charge on any atom is 0.316 e. The molecule has 0 radical (unpaired) electrons. The van der Waals surface area contributed by atoms with Crippen LogP contribution in [0.4, 0.5) is 10.5 Å². The fourth-order valence-corrected chi connectivity index (χ4v) is 2.60. The molecule has 1 rings (SSSR count). The Morgan fingerprint density at radius 2 is 1.88 bits per heavy atom. The summed E-state index contributed by atoms with van der Waals surface area (Å²) < 4.78 is 23.3. The number of hydrogen-bond acceptors (Lipinski definition) is 3. The average molecular weight is 242 g/mol. The lowest BCUT2D eigenvalue weighted by Crippen LogP contribution is -2.19. The van der Waals surface area contributed by atoms with Gasteiger partial charge < -0.3 is 11.1 Å². The van der Waals surface area contributed by atoms with Crippen molar-refractivity contribution in [2.45, 2.75) is 18.2 Å². The first-order valence-corrected chi connectivity index (χ1v) is 6.50. The van der Waals surface area contributed by atoms with Gasteiger partial charge in [0.05, 0.1) is 10.6 Å². The Morgan fingerprint density at radius 3 is 2.31 bits per heavy atom. The van der Waals surface area contributed by atoms with Gasteiger partial charge in [0, 0.05) is 5.69 Å². The summed E-state index contributed by atoms with van der Waals surface area (Å²) in [6, 6.07) is 5.25. The molecule has 6 heteroatoms. The number of carbonyl (C=O) groups excluding carboxylic acids is 1. The molecule has 1 aromatic carbocycles. The van der Waals surface area contributed by atoms with E-state index < -0.39 is 15.9 Å². The minimum atomic E-state index is -3.20. The molecule has 0 saturated carbocycles. The first-order valence-electron chi connectivity index (χ1n) is 4.85. The van der Waals surface area contributed by atoms with E-state index in [0.29, 0.717) is 12.1 Å². The molecule has 0 fully saturated rings. The molecule has 0 atom stereocenters. The van der Waals surface area contributed by atoms with Crippen molar-refractivity contribution in [1.82, 2.24) is 0 Å². The van der Waals surface area contributed by atoms with Crippen LogP contribution in [0, 0.1) is 0 Å². The average Bonchev–Trinajstić information content (AvgIpc) is 2.17. The van der Waals surface area contributed by atoms with Gasteiger partial charge in [0.1, 0.15) is 0 Å². The third-order valence-electron chi connectivity index (χ3n) is 1.95. The largest absolute Gasteiger partial charge is 0.351 e. The van der Waals surface area contributed by atoms with Gasteiger partial charge in [-0.1, -0.05) is 6.92 Å². The molecule has 0 spiro atoms. The molecule has 0 aromatic heterocycles. The number of carbonyl (C=O) groups is 1. The second kappa shape index (κ2) is 4.98. The van der Waals surface area contributed by atoms with Crippen LogP contribution in [0.1, 0.15) is 13.3 Å². The van der Waals surface area contributed by atoms with Crippen LogP contribution in [0.3, 0.4) is 0 Å². The number of benzene rings is 1. The molecule has 3 N–H and O–H groups in total. The summed E-state index contributed by atoms with van der Waals surface area (Å²) in [6.45, 7) is 1.81. The Kier molecular flexibility index (Phi) is 3.89. The normalized spacial score (nSPS) is 11.1. The van der Waals surface area contributed by atoms with Crippen LogP contribution in [0.15, 0.2) is 29.2 Å². The van der Waals surface area contributed by atoms with E-state index in [0.717, 1.165) is 0 Å². The molecule has 0 aliphatic rings. The number of rotatable bonds is 4. The molecule has 0 aliphatic carbocycles. The van der Waals surface area contributed by atoms with Gasteiger partial charge in [0.25, 0.3) is 0 Å². The number of nitrogens with one attached hydrogen (secondary N) is 1. The SMILES string of the molecule is CCCS(=O)(=O)c1ccc(NC(N)=O)cc1. The maximum atomic E-state index is 11.7. The Morgan fingerprint density at radius 1 is 1.31 bits per heavy atom. The lowest BCUT2D eigenvalue weighted by molar-refractivity contribution is 0.259. The summed E-state index contributed by atoms with van der Waals surface area (Å²) in [7, 11) is -3.20. The standard InChI is InChI=1S/C10H14N2O3S/c1-2-7-16(14,15)9-5-3-8(4-6-9)12-10(11)13/h3-6H,2,7H2,1H3,(H3,11,12,13). The van der Waals surface area contributed by atoms with Crippen molar-refractivity contribution < 1.29 is 13.2 Å². The zero-order chi connectivity index (χ0) is 12.2. The second-order valence-electron chi connectivity index (χ2n) is 3.33. The first-order chi connectivity index (χ1) is 7.45. The predicted octanol–water partition coefficient (Wildman–Crippen LogP) is 1.36. The van der Waals surface area contributed by atoms with Crippen LogP contribution in [0.2, 0.25) is 0 Å². The van der Waals surface area contributed by atoms with Crippen molar-refractivity contribution in [2.75, 3.05) is 11.1 Å². The van der Waals surface area contributed by atoms with E-state index in [-0.39, 0.29) is 10.6 Å². The number of nitrogens with two attached hydrogens (primary N) is 1. The molecule has 0 saturated heterocycles. The number of sulfone groups is 1. The van der Waals surface area contributed by atoms with Crippen molar-refractivity contribution in [2.24, 2.45) is 5.73 Å². The predicted molar refractivity (Wildman–Crippen MR) is 62.0 cm³/mol. The Labute approximate surface area is 94.6 Å². The zero-order valence-electron chi connectivity index (χ0n) is 8.93. The number of amides is 2. The molecule has 16 heavy (non-hydrogen) atoms. The van der Waals surface area contributed by atoms with Crippen molar-refractivity contribution in [3.63, 3.8) is 0 Å². The highest BCUT2D eigenvalue weighted by Gasteiger charge is 2.12. The highest BCUT2D eigenvalue weighted by molar-refractivity contribution is 7.91. The van der Waals surface area contributed by atoms with E-state index in [2.05, 4.69) is 5.32 Å². The van der Waals surface area contributed by atoms with Crippen LogP contribution in [0.5, 0.6) is 0 Å². The highest BCUT2D eigenvalue weighted by atomic mass is 32.2. The molecular formula is C10H14N2O3S. The van der Waals surface area contributed by atoms with Crippen molar-refractivity contribution in [1.29, 1.82) is 0 Å².